The maximum absolute atomic E-state index is 12.9. The van der Waals surface area contributed by atoms with Crippen molar-refractivity contribution in [1.82, 2.24) is 4.90 Å². The van der Waals surface area contributed by atoms with Crippen molar-refractivity contribution < 1.29 is 19.4 Å². The van der Waals surface area contributed by atoms with Crippen LogP contribution in [0.1, 0.15) is 50.4 Å². The molecule has 6 heteroatoms. The Morgan fingerprint density at radius 1 is 1.18 bits per heavy atom. The second-order valence-corrected chi connectivity index (χ2v) is 10.7. The van der Waals surface area contributed by atoms with Crippen LogP contribution in [-0.2, 0) is 9.53 Å². The van der Waals surface area contributed by atoms with Gasteiger partial charge < -0.3 is 14.7 Å². The summed E-state index contributed by atoms with van der Waals surface area (Å²) < 4.78 is 5.84. The first-order valence-corrected chi connectivity index (χ1v) is 12.5. The number of anilines is 1. The van der Waals surface area contributed by atoms with E-state index < -0.39 is 6.10 Å². The van der Waals surface area contributed by atoms with Crippen LogP contribution in [0.2, 0.25) is 0 Å². The molecule has 3 fully saturated rings. The predicted molar refractivity (Wildman–Crippen MR) is 127 cm³/mol. The number of aliphatic hydroxyl groups is 1. The van der Waals surface area contributed by atoms with E-state index in [0.29, 0.717) is 12.5 Å². The third-order valence-electron chi connectivity index (χ3n) is 9.04. The molecule has 2 aliphatic heterocycles. The molecule has 1 N–H and O–H groups in total. The summed E-state index contributed by atoms with van der Waals surface area (Å²) in [5, 5.41) is 11.6. The van der Waals surface area contributed by atoms with E-state index in [2.05, 4.69) is 29.7 Å². The lowest BCUT2D eigenvalue weighted by molar-refractivity contribution is -0.145. The first-order valence-electron chi connectivity index (χ1n) is 12.5. The number of hydrogen-bond donors (Lipinski definition) is 1. The van der Waals surface area contributed by atoms with Crippen LogP contribution >= 0.6 is 0 Å². The number of benzene rings is 1. The maximum Gasteiger partial charge on any atom is 0.311 e. The van der Waals surface area contributed by atoms with Crippen LogP contribution in [0.3, 0.4) is 0 Å². The van der Waals surface area contributed by atoms with Crippen LogP contribution in [0.25, 0.3) is 0 Å². The van der Waals surface area contributed by atoms with Gasteiger partial charge in [0.15, 0.2) is 5.78 Å². The summed E-state index contributed by atoms with van der Waals surface area (Å²) in [6.45, 7) is 10.2. The quantitative estimate of drug-likeness (QED) is 0.430. The Hall–Kier alpha value is -2.18. The van der Waals surface area contributed by atoms with Gasteiger partial charge in [-0.2, -0.15) is 0 Å². The fraction of sp³-hybridized carbons (Fsp3) is 0.630. The van der Waals surface area contributed by atoms with Crippen LogP contribution in [0.15, 0.2) is 35.9 Å². The number of fused-ring (bicyclic) bond motifs is 2. The number of ether oxygens (including phenoxy) is 1. The molecule has 1 aromatic carbocycles. The fourth-order valence-corrected chi connectivity index (χ4v) is 6.65. The van der Waals surface area contributed by atoms with E-state index in [-0.39, 0.29) is 35.1 Å². The first-order chi connectivity index (χ1) is 15.8. The summed E-state index contributed by atoms with van der Waals surface area (Å²) >= 11 is 0. The van der Waals surface area contributed by atoms with Gasteiger partial charge in [0.05, 0.1) is 12.0 Å². The third-order valence-corrected chi connectivity index (χ3v) is 9.04. The molecule has 2 aliphatic carbocycles. The molecule has 0 amide bonds. The Morgan fingerprint density at radius 3 is 2.55 bits per heavy atom. The van der Waals surface area contributed by atoms with Gasteiger partial charge >= 0.3 is 5.97 Å². The second-order valence-electron chi connectivity index (χ2n) is 10.7. The van der Waals surface area contributed by atoms with Crippen LogP contribution < -0.4 is 4.90 Å². The SMILES string of the molecule is CC(=O)c1ccc(N2CCN(C[C@H]3C(=O)O[C@@H]4CC5=CCC[C@@H](C)[C@@]5(C)[C@@H](O)[C@@H]43)CC2)cc1. The van der Waals surface area contributed by atoms with Gasteiger partial charge in [-0.25, -0.2) is 0 Å². The first kappa shape index (κ1) is 22.6. The molecular weight excluding hydrogens is 416 g/mol. The Balaban J connectivity index is 1.25. The predicted octanol–water partition coefficient (Wildman–Crippen LogP) is 3.30. The molecule has 0 aromatic heterocycles. The molecule has 0 radical (unpaired) electrons. The molecular formula is C27H36N2O4. The van der Waals surface area contributed by atoms with Crippen LogP contribution in [0, 0.1) is 23.2 Å². The van der Waals surface area contributed by atoms with Gasteiger partial charge in [-0.15, -0.1) is 0 Å². The molecule has 2 saturated heterocycles. The molecule has 1 aromatic rings. The summed E-state index contributed by atoms with van der Waals surface area (Å²) in [4.78, 5) is 29.1. The largest absolute Gasteiger partial charge is 0.461 e. The van der Waals surface area contributed by atoms with Crippen molar-refractivity contribution in [3.63, 3.8) is 0 Å². The average molecular weight is 453 g/mol. The Labute approximate surface area is 196 Å². The monoisotopic (exact) mass is 452 g/mol. The molecule has 2 heterocycles. The Morgan fingerprint density at radius 2 is 1.88 bits per heavy atom. The Bertz CT molecular complexity index is 949. The summed E-state index contributed by atoms with van der Waals surface area (Å²) in [7, 11) is 0. The summed E-state index contributed by atoms with van der Waals surface area (Å²) in [6, 6.07) is 7.80. The highest BCUT2D eigenvalue weighted by Crippen LogP contribution is 2.56. The van der Waals surface area contributed by atoms with Gasteiger partial charge in [0.2, 0.25) is 0 Å². The molecule has 5 rings (SSSR count). The van der Waals surface area contributed by atoms with E-state index in [4.69, 9.17) is 4.74 Å². The summed E-state index contributed by atoms with van der Waals surface area (Å²) in [5.74, 6) is -0.0436. The van der Waals surface area contributed by atoms with Crippen molar-refractivity contribution in [2.45, 2.75) is 52.2 Å². The maximum atomic E-state index is 12.9. The minimum absolute atomic E-state index is 0.0807. The topological polar surface area (TPSA) is 70.1 Å². The number of esters is 1. The Kier molecular flexibility index (Phi) is 5.86. The van der Waals surface area contributed by atoms with Gasteiger partial charge in [-0.05, 0) is 49.9 Å². The highest BCUT2D eigenvalue weighted by atomic mass is 16.6. The van der Waals surface area contributed by atoms with Crippen molar-refractivity contribution in [3.05, 3.63) is 41.5 Å². The number of rotatable bonds is 4. The minimum Gasteiger partial charge on any atom is -0.461 e. The number of nitrogens with zero attached hydrogens (tertiary/aromatic N) is 2. The zero-order chi connectivity index (χ0) is 23.3. The standard InChI is InChI=1S/C27H36N2O4/c1-17-5-4-6-20-15-23-24(25(31)27(17,20)3)22(26(32)33-23)16-28-11-13-29(14-12-28)21-9-7-19(8-10-21)18(2)30/h6-10,17,22-25,31H,4-5,11-16H2,1-3H3/t17-,22-,23-,24-,25+,27-/m1/s1. The van der Waals surface area contributed by atoms with Gasteiger partial charge in [0.1, 0.15) is 6.10 Å². The van der Waals surface area contributed by atoms with Gasteiger partial charge in [-0.1, -0.05) is 25.5 Å². The molecule has 6 atom stereocenters. The van der Waals surface area contributed by atoms with E-state index in [9.17, 15) is 14.7 Å². The molecule has 1 saturated carbocycles. The normalized spacial score (nSPS) is 36.6. The fourth-order valence-electron chi connectivity index (χ4n) is 6.65. The van der Waals surface area contributed by atoms with Crippen molar-refractivity contribution in [2.75, 3.05) is 37.6 Å². The van der Waals surface area contributed by atoms with E-state index in [0.717, 1.165) is 56.7 Å². The summed E-state index contributed by atoms with van der Waals surface area (Å²) in [6.07, 6.45) is 4.45. The van der Waals surface area contributed by atoms with Crippen molar-refractivity contribution in [1.29, 1.82) is 0 Å². The number of piperazine rings is 1. The molecule has 4 aliphatic rings. The lowest BCUT2D eigenvalue weighted by atomic mass is 9.55. The van der Waals surface area contributed by atoms with E-state index >= 15 is 0 Å². The smallest absolute Gasteiger partial charge is 0.311 e. The van der Waals surface area contributed by atoms with Gasteiger partial charge in [0, 0.05) is 61.7 Å². The lowest BCUT2D eigenvalue weighted by Gasteiger charge is -2.52. The number of Topliss-reactive ketones (excluding diaryl/α,β-unsaturated/α-hetero) is 1. The van der Waals surface area contributed by atoms with Crippen molar-refractivity contribution in [2.24, 2.45) is 23.2 Å². The zero-order valence-corrected chi connectivity index (χ0v) is 20.0. The highest BCUT2D eigenvalue weighted by molar-refractivity contribution is 5.94. The van der Waals surface area contributed by atoms with Crippen molar-refractivity contribution in [3.8, 4) is 0 Å². The zero-order valence-electron chi connectivity index (χ0n) is 20.0. The second kappa shape index (κ2) is 8.55. The average Bonchev–Trinajstić information content (AvgIpc) is 3.11. The number of carbonyl (C=O) groups excluding carboxylic acids is 2. The lowest BCUT2D eigenvalue weighted by Crippen LogP contribution is -2.55. The van der Waals surface area contributed by atoms with Gasteiger partial charge in [-0.3, -0.25) is 14.5 Å². The van der Waals surface area contributed by atoms with E-state index in [1.807, 2.05) is 24.3 Å². The highest BCUT2D eigenvalue weighted by Gasteiger charge is 2.59. The molecule has 0 bridgehead atoms. The number of ketones is 1. The molecule has 33 heavy (non-hydrogen) atoms. The van der Waals surface area contributed by atoms with Gasteiger partial charge in [0.25, 0.3) is 0 Å². The van der Waals surface area contributed by atoms with Crippen LogP contribution in [-0.4, -0.2) is 66.7 Å². The minimum atomic E-state index is -0.546. The van der Waals surface area contributed by atoms with E-state index in [1.165, 1.54) is 5.57 Å². The van der Waals surface area contributed by atoms with Crippen molar-refractivity contribution >= 4 is 17.4 Å². The van der Waals surface area contributed by atoms with E-state index in [1.54, 1.807) is 6.92 Å². The summed E-state index contributed by atoms with van der Waals surface area (Å²) in [5.41, 5.74) is 2.89. The number of allylic oxidation sites excluding steroid dienone is 1. The van der Waals surface area contributed by atoms with Crippen LogP contribution in [0.5, 0.6) is 0 Å². The molecule has 0 unspecified atom stereocenters. The number of hydrogen-bond acceptors (Lipinski definition) is 6. The number of aliphatic hydroxyl groups excluding tert-OH is 1. The molecule has 178 valence electrons. The molecule has 6 nitrogen and oxygen atoms in total. The van der Waals surface area contributed by atoms with Crippen LogP contribution in [0.4, 0.5) is 5.69 Å². The number of carbonyl (C=O) groups is 2. The third kappa shape index (κ3) is 3.81. The molecule has 0 spiro atoms.